The van der Waals surface area contributed by atoms with Gasteiger partial charge in [-0.2, -0.15) is 8.42 Å². The molecule has 0 heterocycles. The summed E-state index contributed by atoms with van der Waals surface area (Å²) in [6.07, 6.45) is -0.338. The fourth-order valence-electron chi connectivity index (χ4n) is 1.33. The zero-order chi connectivity index (χ0) is 13.9. The largest absolute Gasteiger partial charge is 1.00 e. The van der Waals surface area contributed by atoms with E-state index < -0.39 is 16.0 Å². The maximum atomic E-state index is 11.3. The van der Waals surface area contributed by atoms with Crippen LogP contribution in [0.2, 0.25) is 0 Å². The number of hydrogen-bond donors (Lipinski definition) is 1. The first-order valence-electron chi connectivity index (χ1n) is 5.02. The number of aliphatic imine (C=N–C) groups is 1. The molecular weight excluding hydrogens is 265 g/mol. The smallest absolute Gasteiger partial charge is 0.861 e. The molecule has 0 saturated heterocycles. The molecule has 98 valence electrons. The van der Waals surface area contributed by atoms with Crippen molar-refractivity contribution in [2.24, 2.45) is 4.99 Å². The van der Waals surface area contributed by atoms with Gasteiger partial charge < -0.3 is 5.11 Å². The first kappa shape index (κ1) is 17.9. The average Bonchev–Trinajstić information content (AvgIpc) is 2.17. The van der Waals surface area contributed by atoms with Gasteiger partial charge in [0.2, 0.25) is 0 Å². The Kier molecular flexibility index (Phi) is 6.46. The number of carbonyl (C=O) groups is 1. The summed E-state index contributed by atoms with van der Waals surface area (Å²) in [5.41, 5.74) is 0.426. The first-order chi connectivity index (χ1) is 8.20. The molecule has 0 unspecified atom stereocenters. The topological polar surface area (TPSA) is 107 Å². The molecule has 0 spiro atoms. The summed E-state index contributed by atoms with van der Waals surface area (Å²) in [5, 5.41) is 11.3. The fourth-order valence-corrected chi connectivity index (χ4v) is 2.08. The van der Waals surface area contributed by atoms with Crippen LogP contribution in [0.4, 0.5) is 5.69 Å². The van der Waals surface area contributed by atoms with Gasteiger partial charge in [-0.25, -0.2) is 0 Å². The van der Waals surface area contributed by atoms with Crippen LogP contribution in [-0.2, 0) is 14.9 Å². The first-order valence-corrected chi connectivity index (χ1v) is 6.46. The summed E-state index contributed by atoms with van der Waals surface area (Å²) in [4.78, 5) is 14.0. The number of benzene rings is 1. The molecule has 0 atom stereocenters. The van der Waals surface area contributed by atoms with Crippen molar-refractivity contribution in [2.75, 3.05) is 0 Å². The van der Waals surface area contributed by atoms with E-state index in [-0.39, 0.29) is 41.6 Å². The summed E-state index contributed by atoms with van der Waals surface area (Å²) >= 11 is 0. The second kappa shape index (κ2) is 6.87. The standard InChI is InChI=1S/C11H13NO5S.Li/c1-7-3-4-9(6-10(7)18(15,16)17)12-11(14)5-8(2)13;/h3-4,6H,5H2,1-2H3,(H,12,14)(H,15,16,17);/q;+1/p-1. The molecule has 0 fully saturated rings. The summed E-state index contributed by atoms with van der Waals surface area (Å²) in [6, 6.07) is 3.94. The van der Waals surface area contributed by atoms with Crippen LogP contribution in [0.1, 0.15) is 18.9 Å². The third-order valence-corrected chi connectivity index (χ3v) is 3.10. The number of hydrogen-bond acceptors (Lipinski definition) is 5. The third kappa shape index (κ3) is 5.57. The Balaban J connectivity index is 0.00000324. The van der Waals surface area contributed by atoms with Gasteiger partial charge >= 0.3 is 18.9 Å². The Morgan fingerprint density at radius 3 is 2.47 bits per heavy atom. The summed E-state index contributed by atoms with van der Waals surface area (Å²) in [7, 11) is -4.35. The van der Waals surface area contributed by atoms with Gasteiger partial charge in [-0.05, 0) is 37.4 Å². The van der Waals surface area contributed by atoms with Gasteiger partial charge in [-0.15, -0.1) is 0 Å². The number of ketones is 1. The molecule has 1 rings (SSSR count). The number of Topliss-reactive ketones (excluding diaryl/α,β-unsaturated/α-hetero) is 1. The van der Waals surface area contributed by atoms with Crippen molar-refractivity contribution in [3.63, 3.8) is 0 Å². The molecular formula is C11H12LiNO5S. The van der Waals surface area contributed by atoms with Crippen molar-refractivity contribution >= 4 is 27.5 Å². The van der Waals surface area contributed by atoms with Gasteiger partial charge in [0, 0.05) is 6.42 Å². The number of aryl methyl sites for hydroxylation is 1. The van der Waals surface area contributed by atoms with E-state index in [4.69, 9.17) is 4.55 Å². The zero-order valence-electron chi connectivity index (χ0n) is 10.9. The van der Waals surface area contributed by atoms with Gasteiger partial charge in [0.1, 0.15) is 5.78 Å². The van der Waals surface area contributed by atoms with Gasteiger partial charge in [-0.3, -0.25) is 14.3 Å². The van der Waals surface area contributed by atoms with Crippen molar-refractivity contribution in [1.82, 2.24) is 0 Å². The van der Waals surface area contributed by atoms with Crippen molar-refractivity contribution in [3.8, 4) is 0 Å². The van der Waals surface area contributed by atoms with Gasteiger partial charge in [0.05, 0.1) is 10.6 Å². The molecule has 0 saturated carbocycles. The van der Waals surface area contributed by atoms with Crippen molar-refractivity contribution in [2.45, 2.75) is 25.2 Å². The van der Waals surface area contributed by atoms with Crippen LogP contribution < -0.4 is 24.0 Å². The van der Waals surface area contributed by atoms with Gasteiger partial charge in [0.25, 0.3) is 10.1 Å². The Hall–Kier alpha value is -1.13. The van der Waals surface area contributed by atoms with Crippen molar-refractivity contribution in [3.05, 3.63) is 23.8 Å². The molecule has 19 heavy (non-hydrogen) atoms. The molecule has 1 aromatic carbocycles. The average molecular weight is 277 g/mol. The molecule has 0 aliphatic heterocycles. The molecule has 0 bridgehead atoms. The maximum absolute atomic E-state index is 11.3. The van der Waals surface area contributed by atoms with Gasteiger partial charge in [-0.1, -0.05) is 6.07 Å². The Bertz CT molecular complexity index is 610. The van der Waals surface area contributed by atoms with E-state index in [9.17, 15) is 18.3 Å². The predicted molar refractivity (Wildman–Crippen MR) is 63.4 cm³/mol. The predicted octanol–water partition coefficient (Wildman–Crippen LogP) is -2.38. The SMILES string of the molecule is CC(=O)CC([O-])=Nc1ccc(C)c(S(=O)(=O)O)c1.[Li+]. The Morgan fingerprint density at radius 2 is 2.00 bits per heavy atom. The quantitative estimate of drug-likeness (QED) is 0.286. The zero-order valence-corrected chi connectivity index (χ0v) is 11.7. The van der Waals surface area contributed by atoms with Crippen molar-refractivity contribution in [1.29, 1.82) is 0 Å². The van der Waals surface area contributed by atoms with Crippen LogP contribution >= 0.6 is 0 Å². The summed E-state index contributed by atoms with van der Waals surface area (Å²) in [5.74, 6) is -0.987. The number of nitrogens with zero attached hydrogens (tertiary/aromatic N) is 1. The van der Waals surface area contributed by atoms with Crippen LogP contribution in [0.3, 0.4) is 0 Å². The van der Waals surface area contributed by atoms with E-state index in [1.54, 1.807) is 0 Å². The van der Waals surface area contributed by atoms with Crippen LogP contribution in [0, 0.1) is 6.92 Å². The van der Waals surface area contributed by atoms with Crippen LogP contribution in [-0.4, -0.2) is 24.7 Å². The molecule has 6 nitrogen and oxygen atoms in total. The van der Waals surface area contributed by atoms with Crippen LogP contribution in [0.5, 0.6) is 0 Å². The minimum absolute atomic E-state index is 0. The monoisotopic (exact) mass is 277 g/mol. The van der Waals surface area contributed by atoms with Gasteiger partial charge in [0.15, 0.2) is 0 Å². The molecule has 8 heteroatoms. The summed E-state index contributed by atoms with van der Waals surface area (Å²) < 4.78 is 31.1. The second-order valence-electron chi connectivity index (χ2n) is 3.81. The Labute approximate surface area is 123 Å². The van der Waals surface area contributed by atoms with E-state index in [0.717, 1.165) is 6.07 Å². The Morgan fingerprint density at radius 1 is 1.42 bits per heavy atom. The van der Waals surface area contributed by atoms with Crippen molar-refractivity contribution < 1.29 is 41.7 Å². The minimum atomic E-state index is -4.35. The van der Waals surface area contributed by atoms with E-state index in [1.165, 1.54) is 26.0 Å². The molecule has 0 aromatic heterocycles. The third-order valence-electron chi connectivity index (χ3n) is 2.10. The summed E-state index contributed by atoms with van der Waals surface area (Å²) in [6.45, 7) is 2.76. The van der Waals surface area contributed by atoms with Crippen LogP contribution in [0.15, 0.2) is 28.1 Å². The van der Waals surface area contributed by atoms with Crippen LogP contribution in [0.25, 0.3) is 0 Å². The molecule has 0 aliphatic rings. The molecule has 0 radical (unpaired) electrons. The fraction of sp³-hybridized carbons (Fsp3) is 0.273. The molecule has 1 aromatic rings. The van der Waals surface area contributed by atoms with E-state index >= 15 is 0 Å². The number of rotatable bonds is 4. The number of carbonyl (C=O) groups excluding carboxylic acids is 1. The normalized spacial score (nSPS) is 11.8. The second-order valence-corrected chi connectivity index (χ2v) is 5.20. The minimum Gasteiger partial charge on any atom is -0.861 e. The molecule has 0 aliphatic carbocycles. The maximum Gasteiger partial charge on any atom is 1.00 e. The van der Waals surface area contributed by atoms with E-state index in [1.807, 2.05) is 0 Å². The molecule has 1 N–H and O–H groups in total. The van der Waals surface area contributed by atoms with E-state index in [0.29, 0.717) is 5.56 Å². The molecule has 0 amide bonds. The van der Waals surface area contributed by atoms with E-state index in [2.05, 4.69) is 4.99 Å².